The first-order valence-corrected chi connectivity index (χ1v) is 9.37. The first-order chi connectivity index (χ1) is 13.1. The van der Waals surface area contributed by atoms with Crippen LogP contribution in [0.3, 0.4) is 0 Å². The third kappa shape index (κ3) is 3.43. The van der Waals surface area contributed by atoms with E-state index in [1.165, 1.54) is 4.90 Å². The van der Waals surface area contributed by atoms with Crippen LogP contribution in [-0.4, -0.2) is 48.2 Å². The predicted molar refractivity (Wildman–Crippen MR) is 95.3 cm³/mol. The number of fused-ring (bicyclic) bond motifs is 1. The highest BCUT2D eigenvalue weighted by Gasteiger charge is 2.51. The molecule has 4 amide bonds. The molecule has 0 atom stereocenters. The Kier molecular flexibility index (Phi) is 4.63. The SMILES string of the molecule is O=C(Cc1ccc2c(c1)OCO2)NCCCN1C(=O)NC2(CCCC2)C1=O. The number of nitrogens with zero attached hydrogens (tertiary/aromatic N) is 1. The van der Waals surface area contributed by atoms with Gasteiger partial charge in [0.15, 0.2) is 11.5 Å². The molecule has 2 N–H and O–H groups in total. The van der Waals surface area contributed by atoms with Crippen LogP contribution < -0.4 is 20.1 Å². The molecule has 0 unspecified atom stereocenters. The molecule has 2 aliphatic heterocycles. The molecular weight excluding hydrogens is 350 g/mol. The number of hydrogen-bond donors (Lipinski definition) is 2. The number of amides is 4. The quantitative estimate of drug-likeness (QED) is 0.579. The van der Waals surface area contributed by atoms with Crippen molar-refractivity contribution in [3.63, 3.8) is 0 Å². The number of imide groups is 1. The Hall–Kier alpha value is -2.77. The number of benzene rings is 1. The van der Waals surface area contributed by atoms with Crippen LogP contribution in [0.15, 0.2) is 18.2 Å². The summed E-state index contributed by atoms with van der Waals surface area (Å²) in [6.45, 7) is 0.930. The van der Waals surface area contributed by atoms with Gasteiger partial charge < -0.3 is 20.1 Å². The molecule has 1 spiro atoms. The zero-order valence-corrected chi connectivity index (χ0v) is 15.1. The van der Waals surface area contributed by atoms with Crippen molar-refractivity contribution in [2.75, 3.05) is 19.9 Å². The van der Waals surface area contributed by atoms with E-state index < -0.39 is 5.54 Å². The third-order valence-corrected chi connectivity index (χ3v) is 5.39. The van der Waals surface area contributed by atoms with Crippen LogP contribution >= 0.6 is 0 Å². The maximum Gasteiger partial charge on any atom is 0.325 e. The molecule has 1 saturated carbocycles. The van der Waals surface area contributed by atoms with Gasteiger partial charge in [-0.25, -0.2) is 4.79 Å². The topological polar surface area (TPSA) is 97.0 Å². The van der Waals surface area contributed by atoms with Crippen LogP contribution in [0.2, 0.25) is 0 Å². The second kappa shape index (κ2) is 7.09. The summed E-state index contributed by atoms with van der Waals surface area (Å²) in [7, 11) is 0. The molecule has 144 valence electrons. The lowest BCUT2D eigenvalue weighted by Crippen LogP contribution is -2.44. The zero-order chi connectivity index (χ0) is 18.9. The third-order valence-electron chi connectivity index (χ3n) is 5.39. The molecule has 8 nitrogen and oxygen atoms in total. The Morgan fingerprint density at radius 1 is 1.19 bits per heavy atom. The molecular formula is C19H23N3O5. The summed E-state index contributed by atoms with van der Waals surface area (Å²) in [5.41, 5.74) is 0.175. The summed E-state index contributed by atoms with van der Waals surface area (Å²) >= 11 is 0. The number of ether oxygens (including phenoxy) is 2. The van der Waals surface area contributed by atoms with E-state index >= 15 is 0 Å². The Labute approximate surface area is 157 Å². The van der Waals surface area contributed by atoms with E-state index in [-0.39, 0.29) is 31.1 Å². The Bertz CT molecular complexity index is 773. The molecule has 2 heterocycles. The number of carbonyl (C=O) groups is 3. The molecule has 0 radical (unpaired) electrons. The second-order valence-corrected chi connectivity index (χ2v) is 7.24. The molecule has 1 saturated heterocycles. The highest BCUT2D eigenvalue weighted by Crippen LogP contribution is 2.35. The van der Waals surface area contributed by atoms with Crippen LogP contribution in [0.5, 0.6) is 11.5 Å². The van der Waals surface area contributed by atoms with Gasteiger partial charge in [-0.05, 0) is 37.0 Å². The van der Waals surface area contributed by atoms with E-state index in [0.717, 1.165) is 31.2 Å². The van der Waals surface area contributed by atoms with E-state index in [2.05, 4.69) is 10.6 Å². The fourth-order valence-electron chi connectivity index (χ4n) is 3.96. The first-order valence-electron chi connectivity index (χ1n) is 9.37. The number of nitrogens with one attached hydrogen (secondary N) is 2. The van der Waals surface area contributed by atoms with Crippen molar-refractivity contribution < 1.29 is 23.9 Å². The Morgan fingerprint density at radius 3 is 2.78 bits per heavy atom. The predicted octanol–water partition coefficient (Wildman–Crippen LogP) is 1.33. The van der Waals surface area contributed by atoms with Crippen LogP contribution in [-0.2, 0) is 16.0 Å². The molecule has 0 bridgehead atoms. The Morgan fingerprint density at radius 2 is 1.96 bits per heavy atom. The lowest BCUT2D eigenvalue weighted by molar-refractivity contribution is -0.131. The minimum atomic E-state index is -0.667. The zero-order valence-electron chi connectivity index (χ0n) is 15.1. The average molecular weight is 373 g/mol. The molecule has 3 aliphatic rings. The van der Waals surface area contributed by atoms with Crippen LogP contribution in [0, 0.1) is 0 Å². The largest absolute Gasteiger partial charge is 0.454 e. The summed E-state index contributed by atoms with van der Waals surface area (Å²) in [5.74, 6) is 1.11. The van der Waals surface area contributed by atoms with Crippen molar-refractivity contribution in [3.05, 3.63) is 23.8 Å². The van der Waals surface area contributed by atoms with Crippen molar-refractivity contribution in [1.29, 1.82) is 0 Å². The van der Waals surface area contributed by atoms with Gasteiger partial charge in [0.2, 0.25) is 12.7 Å². The maximum absolute atomic E-state index is 12.5. The van der Waals surface area contributed by atoms with Crippen molar-refractivity contribution in [1.82, 2.24) is 15.5 Å². The molecule has 27 heavy (non-hydrogen) atoms. The summed E-state index contributed by atoms with van der Waals surface area (Å²) in [4.78, 5) is 38.0. The smallest absolute Gasteiger partial charge is 0.325 e. The molecule has 0 aromatic heterocycles. The fourth-order valence-corrected chi connectivity index (χ4v) is 3.96. The van der Waals surface area contributed by atoms with E-state index in [9.17, 15) is 14.4 Å². The average Bonchev–Trinajstić information content (AvgIpc) is 3.34. The summed E-state index contributed by atoms with van der Waals surface area (Å²) in [6, 6.07) is 5.12. The van der Waals surface area contributed by atoms with Gasteiger partial charge >= 0.3 is 6.03 Å². The molecule has 1 aromatic carbocycles. The molecule has 2 fully saturated rings. The van der Waals surface area contributed by atoms with Crippen LogP contribution in [0.4, 0.5) is 4.79 Å². The fraction of sp³-hybridized carbons (Fsp3) is 0.526. The van der Waals surface area contributed by atoms with Crippen molar-refractivity contribution in [2.45, 2.75) is 44.1 Å². The van der Waals surface area contributed by atoms with Gasteiger partial charge in [-0.15, -0.1) is 0 Å². The van der Waals surface area contributed by atoms with E-state index in [1.807, 2.05) is 6.07 Å². The number of rotatable bonds is 6. The lowest BCUT2D eigenvalue weighted by Gasteiger charge is -2.20. The molecule has 1 aliphatic carbocycles. The van der Waals surface area contributed by atoms with Crippen molar-refractivity contribution >= 4 is 17.8 Å². The minimum absolute atomic E-state index is 0.113. The minimum Gasteiger partial charge on any atom is -0.454 e. The highest BCUT2D eigenvalue weighted by molar-refractivity contribution is 6.07. The summed E-state index contributed by atoms with van der Waals surface area (Å²) in [5, 5.41) is 5.69. The van der Waals surface area contributed by atoms with Gasteiger partial charge in [-0.3, -0.25) is 14.5 Å². The summed E-state index contributed by atoms with van der Waals surface area (Å²) in [6.07, 6.45) is 4.15. The van der Waals surface area contributed by atoms with Crippen molar-refractivity contribution in [3.8, 4) is 11.5 Å². The van der Waals surface area contributed by atoms with Gasteiger partial charge in [-0.1, -0.05) is 18.9 Å². The lowest BCUT2D eigenvalue weighted by atomic mass is 9.98. The van der Waals surface area contributed by atoms with Gasteiger partial charge in [0.1, 0.15) is 5.54 Å². The van der Waals surface area contributed by atoms with Crippen LogP contribution in [0.1, 0.15) is 37.7 Å². The number of carbonyl (C=O) groups excluding carboxylic acids is 3. The Balaban J connectivity index is 1.21. The standard InChI is InChI=1S/C19H23N3O5/c23-16(11-13-4-5-14-15(10-13)27-12-26-14)20-8-3-9-22-17(24)19(21-18(22)25)6-1-2-7-19/h4-5,10H,1-3,6-9,11-12H2,(H,20,23)(H,21,25). The summed E-state index contributed by atoms with van der Waals surface area (Å²) < 4.78 is 10.6. The van der Waals surface area contributed by atoms with E-state index in [0.29, 0.717) is 31.0 Å². The first kappa shape index (κ1) is 17.6. The van der Waals surface area contributed by atoms with Gasteiger partial charge in [0.25, 0.3) is 5.91 Å². The van der Waals surface area contributed by atoms with Crippen LogP contribution in [0.25, 0.3) is 0 Å². The molecule has 1 aromatic rings. The monoisotopic (exact) mass is 373 g/mol. The van der Waals surface area contributed by atoms with Gasteiger partial charge in [0.05, 0.1) is 6.42 Å². The number of urea groups is 1. The second-order valence-electron chi connectivity index (χ2n) is 7.24. The van der Waals surface area contributed by atoms with E-state index in [1.54, 1.807) is 12.1 Å². The van der Waals surface area contributed by atoms with E-state index in [4.69, 9.17) is 9.47 Å². The highest BCUT2D eigenvalue weighted by atomic mass is 16.7. The normalized spacial score (nSPS) is 19.6. The number of hydrogen-bond acceptors (Lipinski definition) is 5. The van der Waals surface area contributed by atoms with Crippen molar-refractivity contribution in [2.24, 2.45) is 0 Å². The molecule has 8 heteroatoms. The van der Waals surface area contributed by atoms with Gasteiger partial charge in [0, 0.05) is 13.1 Å². The van der Waals surface area contributed by atoms with Gasteiger partial charge in [-0.2, -0.15) is 0 Å². The maximum atomic E-state index is 12.5. The molecule has 4 rings (SSSR count).